The Labute approximate surface area is 192 Å². The van der Waals surface area contributed by atoms with Gasteiger partial charge in [-0.2, -0.15) is 4.31 Å². The molecule has 0 unspecified atom stereocenters. The molecular formula is C24H36N2O5S. The highest BCUT2D eigenvalue weighted by atomic mass is 32.2. The zero-order valence-electron chi connectivity index (χ0n) is 19.7. The van der Waals surface area contributed by atoms with Crippen LogP contribution in [0.15, 0.2) is 23.1 Å². The van der Waals surface area contributed by atoms with E-state index in [1.807, 2.05) is 19.9 Å². The number of carbonyl (C=O) groups is 2. The molecule has 32 heavy (non-hydrogen) atoms. The number of esters is 1. The van der Waals surface area contributed by atoms with Gasteiger partial charge in [0.25, 0.3) is 5.91 Å². The molecule has 178 valence electrons. The average molecular weight is 465 g/mol. The Morgan fingerprint density at radius 3 is 2.25 bits per heavy atom. The van der Waals surface area contributed by atoms with Crippen molar-refractivity contribution < 1.29 is 22.7 Å². The number of nitrogens with zero attached hydrogens (tertiary/aromatic N) is 2. The van der Waals surface area contributed by atoms with Crippen LogP contribution in [0.1, 0.15) is 56.6 Å². The number of hydrogen-bond acceptors (Lipinski definition) is 5. The van der Waals surface area contributed by atoms with E-state index >= 15 is 0 Å². The first-order valence-corrected chi connectivity index (χ1v) is 13.0. The quantitative estimate of drug-likeness (QED) is 0.603. The van der Waals surface area contributed by atoms with E-state index in [4.69, 9.17) is 4.74 Å². The number of sulfonamides is 1. The van der Waals surface area contributed by atoms with Crippen molar-refractivity contribution in [2.75, 3.05) is 26.7 Å². The Kier molecular flexibility index (Phi) is 7.98. The van der Waals surface area contributed by atoms with Gasteiger partial charge >= 0.3 is 5.97 Å². The van der Waals surface area contributed by atoms with Crippen molar-refractivity contribution in [3.8, 4) is 0 Å². The first-order valence-electron chi connectivity index (χ1n) is 11.6. The van der Waals surface area contributed by atoms with Gasteiger partial charge in [-0.1, -0.05) is 13.0 Å². The van der Waals surface area contributed by atoms with Gasteiger partial charge in [-0.3, -0.25) is 9.59 Å². The molecule has 0 N–H and O–H groups in total. The van der Waals surface area contributed by atoms with E-state index < -0.39 is 16.0 Å². The predicted octanol–water partition coefficient (Wildman–Crippen LogP) is 3.28. The summed E-state index contributed by atoms with van der Waals surface area (Å²) < 4.78 is 32.6. The van der Waals surface area contributed by atoms with E-state index in [0.29, 0.717) is 18.8 Å². The van der Waals surface area contributed by atoms with Crippen molar-refractivity contribution in [3.63, 3.8) is 0 Å². The largest absolute Gasteiger partial charge is 0.455 e. The molecule has 1 aromatic carbocycles. The number of rotatable bonds is 6. The number of benzene rings is 1. The highest BCUT2D eigenvalue weighted by Gasteiger charge is 2.33. The summed E-state index contributed by atoms with van der Waals surface area (Å²) in [5, 5.41) is 0. The van der Waals surface area contributed by atoms with E-state index in [2.05, 4.69) is 6.92 Å². The van der Waals surface area contributed by atoms with Crippen LogP contribution in [0.25, 0.3) is 0 Å². The fourth-order valence-electron chi connectivity index (χ4n) is 4.54. The summed E-state index contributed by atoms with van der Waals surface area (Å²) >= 11 is 0. The van der Waals surface area contributed by atoms with E-state index in [1.54, 1.807) is 24.1 Å². The number of ether oxygens (including phenoxy) is 1. The maximum Gasteiger partial charge on any atom is 0.309 e. The van der Waals surface area contributed by atoms with Gasteiger partial charge < -0.3 is 9.64 Å². The Morgan fingerprint density at radius 1 is 1.03 bits per heavy atom. The molecule has 7 nitrogen and oxygen atoms in total. The van der Waals surface area contributed by atoms with Crippen LogP contribution in [-0.2, 0) is 24.3 Å². The van der Waals surface area contributed by atoms with Gasteiger partial charge in [0, 0.05) is 26.2 Å². The maximum atomic E-state index is 12.9. The molecule has 1 aliphatic carbocycles. The van der Waals surface area contributed by atoms with E-state index in [9.17, 15) is 18.0 Å². The Morgan fingerprint density at radius 2 is 1.66 bits per heavy atom. The van der Waals surface area contributed by atoms with Crippen molar-refractivity contribution in [1.29, 1.82) is 0 Å². The molecule has 2 fully saturated rings. The summed E-state index contributed by atoms with van der Waals surface area (Å²) in [6.07, 6.45) is 5.01. The molecule has 0 atom stereocenters. The summed E-state index contributed by atoms with van der Waals surface area (Å²) in [5.74, 6) is -0.257. The van der Waals surface area contributed by atoms with Crippen molar-refractivity contribution >= 4 is 21.9 Å². The van der Waals surface area contributed by atoms with Crippen LogP contribution >= 0.6 is 0 Å². The smallest absolute Gasteiger partial charge is 0.309 e. The monoisotopic (exact) mass is 464 g/mol. The fraction of sp³-hybridized carbons (Fsp3) is 0.667. The lowest BCUT2D eigenvalue weighted by atomic mass is 9.87. The third-order valence-corrected chi connectivity index (χ3v) is 9.06. The normalized spacial score (nSPS) is 23.0. The molecule has 1 heterocycles. The SMILES string of the molecule is Cc1ccc(S(=O)(=O)N2CCC(C(=O)OCC(=O)N(C)C3CCC(C)CC3)CC2)cc1C. The molecule has 2 aliphatic rings. The maximum absolute atomic E-state index is 12.9. The fourth-order valence-corrected chi connectivity index (χ4v) is 6.10. The summed E-state index contributed by atoms with van der Waals surface area (Å²) in [6, 6.07) is 5.36. The highest BCUT2D eigenvalue weighted by Crippen LogP contribution is 2.27. The molecule has 1 saturated carbocycles. The molecule has 0 radical (unpaired) electrons. The lowest BCUT2D eigenvalue weighted by Crippen LogP contribution is -2.43. The summed E-state index contributed by atoms with van der Waals surface area (Å²) in [5.41, 5.74) is 1.98. The van der Waals surface area contributed by atoms with Crippen molar-refractivity contribution in [2.45, 2.75) is 70.2 Å². The minimum Gasteiger partial charge on any atom is -0.455 e. The Bertz CT molecular complexity index is 930. The number of piperidine rings is 1. The van der Waals surface area contributed by atoms with Gasteiger partial charge in [-0.25, -0.2) is 8.42 Å². The summed E-state index contributed by atoms with van der Waals surface area (Å²) in [4.78, 5) is 27.0. The zero-order valence-corrected chi connectivity index (χ0v) is 20.5. The first kappa shape index (κ1) is 24.7. The van der Waals surface area contributed by atoms with Crippen LogP contribution in [0.4, 0.5) is 0 Å². The van der Waals surface area contributed by atoms with Crippen LogP contribution in [0.3, 0.4) is 0 Å². The van der Waals surface area contributed by atoms with Crippen LogP contribution in [0.2, 0.25) is 0 Å². The lowest BCUT2D eigenvalue weighted by molar-refractivity contribution is -0.157. The molecular weight excluding hydrogens is 428 g/mol. The van der Waals surface area contributed by atoms with E-state index in [-0.39, 0.29) is 42.5 Å². The molecule has 1 aromatic rings. The number of carbonyl (C=O) groups excluding carboxylic acids is 2. The Hall–Kier alpha value is -1.93. The zero-order chi connectivity index (χ0) is 23.5. The van der Waals surface area contributed by atoms with Crippen LogP contribution in [0.5, 0.6) is 0 Å². The molecule has 0 spiro atoms. The topological polar surface area (TPSA) is 84.0 Å². The third-order valence-electron chi connectivity index (χ3n) is 7.17. The van der Waals surface area contributed by atoms with Crippen molar-refractivity contribution in [2.24, 2.45) is 11.8 Å². The lowest BCUT2D eigenvalue weighted by Gasteiger charge is -2.33. The van der Waals surface area contributed by atoms with Crippen LogP contribution < -0.4 is 0 Å². The summed E-state index contributed by atoms with van der Waals surface area (Å²) in [7, 11) is -1.80. The van der Waals surface area contributed by atoms with Gasteiger partial charge in [0.05, 0.1) is 10.8 Å². The van der Waals surface area contributed by atoms with Gasteiger partial charge in [0.2, 0.25) is 10.0 Å². The van der Waals surface area contributed by atoms with Crippen molar-refractivity contribution in [3.05, 3.63) is 29.3 Å². The molecule has 1 aliphatic heterocycles. The van der Waals surface area contributed by atoms with E-state index in [1.165, 1.54) is 4.31 Å². The molecule has 0 aromatic heterocycles. The minimum atomic E-state index is -3.58. The number of aryl methyl sites for hydroxylation is 2. The average Bonchev–Trinajstić information content (AvgIpc) is 2.79. The molecule has 8 heteroatoms. The molecule has 3 rings (SSSR count). The van der Waals surface area contributed by atoms with Crippen LogP contribution in [-0.4, -0.2) is 62.3 Å². The van der Waals surface area contributed by atoms with Gasteiger partial charge in [0.15, 0.2) is 6.61 Å². The standard InChI is InChI=1S/C24H36N2O5S/c1-17-5-8-21(9-6-17)25(4)23(27)16-31-24(28)20-11-13-26(14-12-20)32(29,30)22-10-7-18(2)19(3)15-22/h7,10,15,17,20-21H,5-6,8-9,11-14,16H2,1-4H3. The minimum absolute atomic E-state index is 0.173. The first-order chi connectivity index (χ1) is 15.1. The van der Waals surface area contributed by atoms with E-state index in [0.717, 1.165) is 36.8 Å². The van der Waals surface area contributed by atoms with Crippen molar-refractivity contribution in [1.82, 2.24) is 9.21 Å². The second kappa shape index (κ2) is 10.3. The second-order valence-electron chi connectivity index (χ2n) is 9.45. The predicted molar refractivity (Wildman–Crippen MR) is 123 cm³/mol. The highest BCUT2D eigenvalue weighted by molar-refractivity contribution is 7.89. The van der Waals surface area contributed by atoms with Gasteiger partial charge in [-0.15, -0.1) is 0 Å². The van der Waals surface area contributed by atoms with Crippen LogP contribution in [0, 0.1) is 25.7 Å². The molecule has 0 bridgehead atoms. The Balaban J connectivity index is 1.47. The second-order valence-corrected chi connectivity index (χ2v) is 11.4. The third kappa shape index (κ3) is 5.70. The number of hydrogen-bond donors (Lipinski definition) is 0. The molecule has 1 amide bonds. The van der Waals surface area contributed by atoms with Gasteiger partial charge in [0.1, 0.15) is 0 Å². The summed E-state index contributed by atoms with van der Waals surface area (Å²) in [6.45, 7) is 6.36. The van der Waals surface area contributed by atoms with Gasteiger partial charge in [-0.05, 0) is 81.5 Å². The number of amides is 1. The molecule has 1 saturated heterocycles. The number of likely N-dealkylation sites (N-methyl/N-ethyl adjacent to an activating group) is 1.